The molecular formula is C7H12BrNO. The summed E-state index contributed by atoms with van der Waals surface area (Å²) in [7, 11) is 0. The van der Waals surface area contributed by atoms with Crippen LogP contribution in [-0.4, -0.2) is 22.8 Å². The molecule has 1 aliphatic heterocycles. The maximum Gasteiger partial charge on any atom is 0.289 e. The summed E-state index contributed by atoms with van der Waals surface area (Å²) < 4.78 is 0. The van der Waals surface area contributed by atoms with Gasteiger partial charge in [-0.2, -0.15) is 0 Å². The Morgan fingerprint density at radius 2 is 2.00 bits per heavy atom. The average molecular weight is 206 g/mol. The highest BCUT2D eigenvalue weighted by Crippen LogP contribution is 2.17. The van der Waals surface area contributed by atoms with Crippen LogP contribution in [0.25, 0.3) is 0 Å². The van der Waals surface area contributed by atoms with E-state index in [-0.39, 0.29) is 4.82 Å². The van der Waals surface area contributed by atoms with Gasteiger partial charge in [-0.1, -0.05) is 6.92 Å². The Hall–Kier alpha value is -0.0500. The highest BCUT2D eigenvalue weighted by molar-refractivity contribution is 9.18. The van der Waals surface area contributed by atoms with E-state index in [9.17, 15) is 4.79 Å². The second-order valence-electron chi connectivity index (χ2n) is 2.92. The summed E-state index contributed by atoms with van der Waals surface area (Å²) in [6.07, 6.45) is 2.30. The normalized spacial score (nSPS) is 21.2. The van der Waals surface area contributed by atoms with Gasteiger partial charge < -0.3 is 4.90 Å². The summed E-state index contributed by atoms with van der Waals surface area (Å²) in [6, 6.07) is 0. The first-order valence-corrected chi connectivity index (χ1v) is 4.44. The van der Waals surface area contributed by atoms with Crippen molar-refractivity contribution in [2.24, 2.45) is 5.92 Å². The zero-order valence-electron chi connectivity index (χ0n) is 6.14. The Morgan fingerprint density at radius 1 is 1.50 bits per heavy atom. The summed E-state index contributed by atoms with van der Waals surface area (Å²) in [5.41, 5.74) is 0. The molecule has 0 aromatic rings. The molecule has 0 bridgehead atoms. The lowest BCUT2D eigenvalue weighted by Gasteiger charge is -2.28. The van der Waals surface area contributed by atoms with Crippen LogP contribution in [0.4, 0.5) is 4.79 Å². The molecule has 0 aromatic heterocycles. The molecule has 1 amide bonds. The topological polar surface area (TPSA) is 20.3 Å². The zero-order valence-corrected chi connectivity index (χ0v) is 7.73. The number of hydrogen-bond donors (Lipinski definition) is 0. The van der Waals surface area contributed by atoms with Gasteiger partial charge in [-0.25, -0.2) is 0 Å². The van der Waals surface area contributed by atoms with Crippen molar-refractivity contribution >= 4 is 20.7 Å². The highest BCUT2D eigenvalue weighted by Gasteiger charge is 2.17. The Bertz CT molecular complexity index is 130. The molecular weight excluding hydrogens is 194 g/mol. The molecule has 0 N–H and O–H groups in total. The quantitative estimate of drug-likeness (QED) is 0.439. The van der Waals surface area contributed by atoms with Crippen molar-refractivity contribution in [1.82, 2.24) is 4.90 Å². The fourth-order valence-electron chi connectivity index (χ4n) is 1.18. The fraction of sp³-hybridized carbons (Fsp3) is 0.857. The third-order valence-electron chi connectivity index (χ3n) is 2.03. The van der Waals surface area contributed by atoms with Crippen molar-refractivity contribution in [3.05, 3.63) is 0 Å². The molecule has 3 heteroatoms. The number of piperidine rings is 1. The number of likely N-dealkylation sites (tertiary alicyclic amines) is 1. The van der Waals surface area contributed by atoms with E-state index in [1.807, 2.05) is 4.90 Å². The van der Waals surface area contributed by atoms with E-state index < -0.39 is 0 Å². The SMILES string of the molecule is CC1CCN(C(=O)Br)CC1. The summed E-state index contributed by atoms with van der Waals surface area (Å²) in [6.45, 7) is 4.08. The maximum atomic E-state index is 10.7. The summed E-state index contributed by atoms with van der Waals surface area (Å²) in [5, 5.41) is 0. The third kappa shape index (κ3) is 1.97. The molecule has 0 spiro atoms. The molecule has 1 saturated heterocycles. The van der Waals surface area contributed by atoms with Crippen LogP contribution in [0.1, 0.15) is 19.8 Å². The van der Waals surface area contributed by atoms with Gasteiger partial charge in [0, 0.05) is 29.0 Å². The summed E-state index contributed by atoms with van der Waals surface area (Å²) >= 11 is 2.94. The molecule has 0 saturated carbocycles. The Kier molecular flexibility index (Phi) is 2.72. The predicted molar refractivity (Wildman–Crippen MR) is 44.3 cm³/mol. The van der Waals surface area contributed by atoms with Gasteiger partial charge in [0.25, 0.3) is 4.82 Å². The van der Waals surface area contributed by atoms with Crippen LogP contribution >= 0.6 is 15.9 Å². The van der Waals surface area contributed by atoms with Crippen molar-refractivity contribution in [3.63, 3.8) is 0 Å². The standard InChI is InChI=1S/C7H12BrNO/c1-6-2-4-9(5-3-6)7(8)10/h6H,2-5H2,1H3. The first-order chi connectivity index (χ1) is 4.70. The highest BCUT2D eigenvalue weighted by atomic mass is 79.9. The van der Waals surface area contributed by atoms with Crippen molar-refractivity contribution < 1.29 is 4.79 Å². The maximum absolute atomic E-state index is 10.7. The smallest absolute Gasteiger partial charge is 0.289 e. The molecule has 2 nitrogen and oxygen atoms in total. The monoisotopic (exact) mass is 205 g/mol. The van der Waals surface area contributed by atoms with E-state index >= 15 is 0 Å². The lowest BCUT2D eigenvalue weighted by atomic mass is 10.00. The minimum absolute atomic E-state index is 0.0411. The largest absolute Gasteiger partial charge is 0.333 e. The van der Waals surface area contributed by atoms with E-state index in [0.29, 0.717) is 0 Å². The van der Waals surface area contributed by atoms with Crippen LogP contribution in [0.3, 0.4) is 0 Å². The van der Waals surface area contributed by atoms with Crippen LogP contribution in [0.2, 0.25) is 0 Å². The summed E-state index contributed by atoms with van der Waals surface area (Å²) in [4.78, 5) is 12.6. The van der Waals surface area contributed by atoms with Crippen LogP contribution in [-0.2, 0) is 0 Å². The van der Waals surface area contributed by atoms with Gasteiger partial charge in [0.15, 0.2) is 0 Å². The molecule has 0 unspecified atom stereocenters. The van der Waals surface area contributed by atoms with Gasteiger partial charge in [-0.15, -0.1) is 0 Å². The molecule has 1 rings (SSSR count). The van der Waals surface area contributed by atoms with E-state index in [2.05, 4.69) is 22.9 Å². The second-order valence-corrected chi connectivity index (χ2v) is 3.60. The lowest BCUT2D eigenvalue weighted by molar-refractivity contribution is 0.198. The minimum atomic E-state index is 0.0411. The number of carbonyl (C=O) groups excluding carboxylic acids is 1. The molecule has 1 aliphatic rings. The number of nitrogens with zero attached hydrogens (tertiary/aromatic N) is 1. The van der Waals surface area contributed by atoms with Gasteiger partial charge in [0.2, 0.25) is 0 Å². The molecule has 1 fully saturated rings. The van der Waals surface area contributed by atoms with Crippen LogP contribution in [0.15, 0.2) is 0 Å². The molecule has 0 radical (unpaired) electrons. The predicted octanol–water partition coefficient (Wildman–Crippen LogP) is 2.23. The van der Waals surface area contributed by atoms with Crippen LogP contribution < -0.4 is 0 Å². The number of amides is 1. The number of rotatable bonds is 0. The number of halogens is 1. The second kappa shape index (κ2) is 3.37. The third-order valence-corrected chi connectivity index (χ3v) is 2.53. The molecule has 10 heavy (non-hydrogen) atoms. The van der Waals surface area contributed by atoms with Crippen molar-refractivity contribution in [2.75, 3.05) is 13.1 Å². The first-order valence-electron chi connectivity index (χ1n) is 3.64. The Balaban J connectivity index is 2.33. The van der Waals surface area contributed by atoms with E-state index in [1.165, 1.54) is 0 Å². The number of hydrogen-bond acceptors (Lipinski definition) is 1. The molecule has 0 atom stereocenters. The lowest BCUT2D eigenvalue weighted by Crippen LogP contribution is -2.34. The first kappa shape index (κ1) is 8.05. The van der Waals surface area contributed by atoms with Gasteiger partial charge in [0.05, 0.1) is 0 Å². The summed E-state index contributed by atoms with van der Waals surface area (Å²) in [5.74, 6) is 0.795. The van der Waals surface area contributed by atoms with Crippen LogP contribution in [0, 0.1) is 5.92 Å². The Morgan fingerprint density at radius 3 is 2.40 bits per heavy atom. The molecule has 1 heterocycles. The van der Waals surface area contributed by atoms with Gasteiger partial charge in [-0.3, -0.25) is 4.79 Å². The van der Waals surface area contributed by atoms with E-state index in [1.54, 1.807) is 0 Å². The average Bonchev–Trinajstić information content (AvgIpc) is 1.88. The number of carbonyl (C=O) groups is 1. The molecule has 0 aromatic carbocycles. The van der Waals surface area contributed by atoms with Gasteiger partial charge in [-0.05, 0) is 18.8 Å². The zero-order chi connectivity index (χ0) is 7.56. The van der Waals surface area contributed by atoms with Crippen molar-refractivity contribution in [1.29, 1.82) is 0 Å². The molecule has 0 aliphatic carbocycles. The van der Waals surface area contributed by atoms with Gasteiger partial charge in [0.1, 0.15) is 0 Å². The van der Waals surface area contributed by atoms with E-state index in [0.717, 1.165) is 31.8 Å². The fourth-order valence-corrected chi connectivity index (χ4v) is 1.54. The van der Waals surface area contributed by atoms with Crippen LogP contribution in [0.5, 0.6) is 0 Å². The Labute approximate surface area is 69.7 Å². The molecule has 58 valence electrons. The van der Waals surface area contributed by atoms with Gasteiger partial charge >= 0.3 is 0 Å². The minimum Gasteiger partial charge on any atom is -0.333 e. The van der Waals surface area contributed by atoms with Crippen molar-refractivity contribution in [2.45, 2.75) is 19.8 Å². The van der Waals surface area contributed by atoms with Crippen molar-refractivity contribution in [3.8, 4) is 0 Å². The van der Waals surface area contributed by atoms with E-state index in [4.69, 9.17) is 0 Å².